The molecule has 6 heteroatoms. The molecule has 0 fully saturated rings. The molecule has 0 aliphatic heterocycles. The van der Waals surface area contributed by atoms with Crippen molar-refractivity contribution in [3.63, 3.8) is 0 Å². The predicted molar refractivity (Wildman–Crippen MR) is 69.0 cm³/mol. The smallest absolute Gasteiger partial charge is 0.176 e. The van der Waals surface area contributed by atoms with E-state index < -0.39 is 17.3 Å². The third kappa shape index (κ3) is 3.01. The average Bonchev–Trinajstić information content (AvgIpc) is 2.39. The van der Waals surface area contributed by atoms with E-state index in [2.05, 4.69) is 15.9 Å². The molecule has 0 unspecified atom stereocenters. The molecule has 0 saturated carbocycles. The standard InChI is InChI=1S/C14H10F2N3.Ir/c1-17-14-11(15)5-4-10(13(14)16)12-8-9(19(2)3)6-7-18-12;/h5-8H,2-3H3;/q-1;. The molecule has 0 aliphatic rings. The first-order valence-corrected chi connectivity index (χ1v) is 5.45. The fraction of sp³-hybridized carbons (Fsp3) is 0.143. The molecular weight excluding hydrogens is 440 g/mol. The van der Waals surface area contributed by atoms with Crippen LogP contribution in [-0.2, 0) is 20.1 Å². The Morgan fingerprint density at radius 1 is 1.35 bits per heavy atom. The van der Waals surface area contributed by atoms with Gasteiger partial charge >= 0.3 is 0 Å². The number of benzene rings is 1. The van der Waals surface area contributed by atoms with Crippen molar-refractivity contribution in [3.8, 4) is 11.3 Å². The van der Waals surface area contributed by atoms with Crippen molar-refractivity contribution in [1.29, 1.82) is 0 Å². The summed E-state index contributed by atoms with van der Waals surface area (Å²) in [6.07, 6.45) is 1.53. The molecule has 0 spiro atoms. The Balaban J connectivity index is 0.00000200. The number of rotatable bonds is 2. The van der Waals surface area contributed by atoms with E-state index in [1.165, 1.54) is 6.20 Å². The third-order valence-electron chi connectivity index (χ3n) is 2.62. The minimum Gasteiger partial charge on any atom is -0.378 e. The summed E-state index contributed by atoms with van der Waals surface area (Å²) in [5.74, 6) is -1.85. The molecule has 20 heavy (non-hydrogen) atoms. The summed E-state index contributed by atoms with van der Waals surface area (Å²) in [4.78, 5) is 8.73. The molecule has 0 bridgehead atoms. The largest absolute Gasteiger partial charge is 0.378 e. The van der Waals surface area contributed by atoms with Crippen LogP contribution in [-0.4, -0.2) is 19.1 Å². The van der Waals surface area contributed by atoms with Crippen LogP contribution in [0.15, 0.2) is 24.4 Å². The number of aromatic nitrogens is 1. The van der Waals surface area contributed by atoms with E-state index >= 15 is 0 Å². The number of anilines is 1. The molecule has 2 rings (SSSR count). The van der Waals surface area contributed by atoms with Gasteiger partial charge in [0.25, 0.3) is 0 Å². The maximum Gasteiger partial charge on any atom is 0.176 e. The molecule has 0 N–H and O–H groups in total. The second kappa shape index (κ2) is 6.55. The second-order valence-corrected chi connectivity index (χ2v) is 4.08. The summed E-state index contributed by atoms with van der Waals surface area (Å²) in [5.41, 5.74) is 0.502. The zero-order chi connectivity index (χ0) is 14.0. The second-order valence-electron chi connectivity index (χ2n) is 4.08. The minimum atomic E-state index is -0.932. The molecule has 105 valence electrons. The Hall–Kier alpha value is -1.83. The van der Waals surface area contributed by atoms with Crippen molar-refractivity contribution in [2.75, 3.05) is 19.0 Å². The predicted octanol–water partition coefficient (Wildman–Crippen LogP) is 3.44. The van der Waals surface area contributed by atoms with Gasteiger partial charge in [0, 0.05) is 57.7 Å². The van der Waals surface area contributed by atoms with Crippen molar-refractivity contribution < 1.29 is 28.9 Å². The van der Waals surface area contributed by atoms with Crippen LogP contribution in [0.2, 0.25) is 0 Å². The van der Waals surface area contributed by atoms with E-state index in [-0.39, 0.29) is 25.7 Å². The van der Waals surface area contributed by atoms with Crippen molar-refractivity contribution >= 4 is 11.4 Å². The number of pyridine rings is 1. The first kappa shape index (κ1) is 16.2. The molecule has 0 aliphatic carbocycles. The van der Waals surface area contributed by atoms with Crippen LogP contribution in [0.3, 0.4) is 0 Å². The van der Waals surface area contributed by atoms with Gasteiger partial charge < -0.3 is 9.88 Å². The van der Waals surface area contributed by atoms with Crippen molar-refractivity contribution in [2.24, 2.45) is 0 Å². The summed E-state index contributed by atoms with van der Waals surface area (Å²) >= 11 is 0. The van der Waals surface area contributed by atoms with Crippen LogP contribution < -0.4 is 4.90 Å². The van der Waals surface area contributed by atoms with E-state index in [9.17, 15) is 8.78 Å². The Bertz CT molecular complexity index is 666. The number of nitrogens with zero attached hydrogens (tertiary/aromatic N) is 3. The van der Waals surface area contributed by atoms with Gasteiger partial charge in [-0.3, -0.25) is 13.6 Å². The maximum atomic E-state index is 14.0. The zero-order valence-electron chi connectivity index (χ0n) is 10.7. The minimum absolute atomic E-state index is 0. The Morgan fingerprint density at radius 2 is 2.05 bits per heavy atom. The van der Waals surface area contributed by atoms with Gasteiger partial charge in [-0.2, -0.15) is 0 Å². The summed E-state index contributed by atoms with van der Waals surface area (Å²) < 4.78 is 27.3. The van der Waals surface area contributed by atoms with Gasteiger partial charge in [-0.25, -0.2) is 0 Å². The molecule has 1 aromatic carbocycles. The average molecular weight is 450 g/mol. The van der Waals surface area contributed by atoms with Crippen LogP contribution in [0.4, 0.5) is 20.2 Å². The topological polar surface area (TPSA) is 20.5 Å². The first-order chi connectivity index (χ1) is 9.04. The normalized spacial score (nSPS) is 9.55. The molecule has 1 radical (unpaired) electrons. The van der Waals surface area contributed by atoms with Gasteiger partial charge in [-0.05, 0) is 11.8 Å². The van der Waals surface area contributed by atoms with Crippen molar-refractivity contribution in [2.45, 2.75) is 0 Å². The van der Waals surface area contributed by atoms with E-state index in [0.29, 0.717) is 5.69 Å². The van der Waals surface area contributed by atoms with Crippen LogP contribution >= 0.6 is 0 Å². The van der Waals surface area contributed by atoms with Gasteiger partial charge in [0.05, 0.1) is 6.57 Å². The first-order valence-electron chi connectivity index (χ1n) is 5.45. The molecular formula is C14H10F2IrN3-. The summed E-state index contributed by atoms with van der Waals surface area (Å²) in [6.45, 7) is 6.80. The van der Waals surface area contributed by atoms with E-state index in [1.54, 1.807) is 12.1 Å². The number of hydrogen-bond donors (Lipinski definition) is 0. The maximum absolute atomic E-state index is 14.0. The quantitative estimate of drug-likeness (QED) is 0.654. The van der Waals surface area contributed by atoms with Crippen LogP contribution in [0.1, 0.15) is 0 Å². The van der Waals surface area contributed by atoms with Crippen LogP contribution in [0.5, 0.6) is 0 Å². The van der Waals surface area contributed by atoms with E-state index in [4.69, 9.17) is 6.57 Å². The Kier molecular flexibility index (Phi) is 5.32. The van der Waals surface area contributed by atoms with Gasteiger partial charge in [-0.15, -0.1) is 17.7 Å². The molecule has 3 nitrogen and oxygen atoms in total. The van der Waals surface area contributed by atoms with Crippen LogP contribution in [0.25, 0.3) is 16.1 Å². The molecule has 0 amide bonds. The Labute approximate surface area is 129 Å². The number of halogens is 2. The van der Waals surface area contributed by atoms with Crippen molar-refractivity contribution in [3.05, 3.63) is 53.5 Å². The molecule has 1 aromatic heterocycles. The molecule has 0 atom stereocenters. The van der Waals surface area contributed by atoms with Crippen LogP contribution in [0, 0.1) is 24.3 Å². The van der Waals surface area contributed by atoms with Gasteiger partial charge in [0.1, 0.15) is 0 Å². The molecule has 1 heterocycles. The SMILES string of the molecule is [C-]#[N+]c1c(F)c[c-]c(-c2cc(N(C)C)ccn2)c1F.[Ir]. The van der Waals surface area contributed by atoms with Crippen molar-refractivity contribution in [1.82, 2.24) is 4.98 Å². The summed E-state index contributed by atoms with van der Waals surface area (Å²) in [7, 11) is 3.68. The summed E-state index contributed by atoms with van der Waals surface area (Å²) in [5, 5.41) is 0. The van der Waals surface area contributed by atoms with Gasteiger partial charge in [0.2, 0.25) is 0 Å². The Morgan fingerprint density at radius 3 is 2.65 bits per heavy atom. The van der Waals surface area contributed by atoms with E-state index in [0.717, 1.165) is 11.8 Å². The fourth-order valence-corrected chi connectivity index (χ4v) is 1.61. The zero-order valence-corrected chi connectivity index (χ0v) is 13.1. The fourth-order valence-electron chi connectivity index (χ4n) is 1.61. The third-order valence-corrected chi connectivity index (χ3v) is 2.62. The van der Waals surface area contributed by atoms with E-state index in [1.807, 2.05) is 19.0 Å². The van der Waals surface area contributed by atoms with Gasteiger partial charge in [0.15, 0.2) is 5.69 Å². The molecule has 2 aromatic rings. The van der Waals surface area contributed by atoms with Gasteiger partial charge in [-0.1, -0.05) is 6.07 Å². The molecule has 0 saturated heterocycles. The number of hydrogen-bond acceptors (Lipinski definition) is 2. The summed E-state index contributed by atoms with van der Waals surface area (Å²) in [6, 6.07) is 6.86. The monoisotopic (exact) mass is 451 g/mol.